The topological polar surface area (TPSA) is 40.1 Å². The normalized spacial score (nSPS) is 24.9. The minimum Gasteiger partial charge on any atom is -0.372 e. The van der Waals surface area contributed by atoms with Crippen LogP contribution in [-0.2, 0) is 4.74 Å². The molecule has 3 rings (SSSR count). The van der Waals surface area contributed by atoms with Gasteiger partial charge in [0.2, 0.25) is 0 Å². The average Bonchev–Trinajstić information content (AvgIpc) is 3.13. The lowest BCUT2D eigenvalue weighted by atomic mass is 9.94. The number of nitrogens with zero attached hydrogens (tertiary/aromatic N) is 3. The molecule has 0 bridgehead atoms. The highest BCUT2D eigenvalue weighted by Gasteiger charge is 2.40. The summed E-state index contributed by atoms with van der Waals surface area (Å²) < 4.78 is 6.18. The molecule has 2 heterocycles. The fraction of sp³-hybridized carbons (Fsp3) is 0.952. The van der Waals surface area contributed by atoms with Gasteiger partial charge < -0.3 is 15.0 Å². The highest BCUT2D eigenvalue weighted by atomic mass is 127. The Kier molecular flexibility index (Phi) is 9.68. The lowest BCUT2D eigenvalue weighted by Gasteiger charge is -2.44. The number of guanidine groups is 1. The second-order valence-electron chi connectivity index (χ2n) is 9.35. The Bertz CT molecular complexity index is 491. The summed E-state index contributed by atoms with van der Waals surface area (Å²) in [5, 5.41) is 3.77. The van der Waals surface area contributed by atoms with E-state index >= 15 is 0 Å². The number of ether oxygens (including phenoxy) is 1. The van der Waals surface area contributed by atoms with Gasteiger partial charge in [0, 0.05) is 56.8 Å². The van der Waals surface area contributed by atoms with Crippen LogP contribution in [0.25, 0.3) is 0 Å². The minimum absolute atomic E-state index is 0. The summed E-state index contributed by atoms with van der Waals surface area (Å²) in [6, 6.07) is 0. The van der Waals surface area contributed by atoms with Gasteiger partial charge in [-0.1, -0.05) is 12.8 Å². The van der Waals surface area contributed by atoms with Crippen molar-refractivity contribution in [3.8, 4) is 0 Å². The van der Waals surface area contributed by atoms with Gasteiger partial charge in [-0.05, 0) is 46.5 Å². The first-order valence-electron chi connectivity index (χ1n) is 10.9. The Morgan fingerprint density at radius 2 is 1.71 bits per heavy atom. The highest BCUT2D eigenvalue weighted by Crippen LogP contribution is 2.36. The molecule has 0 amide bonds. The van der Waals surface area contributed by atoms with E-state index in [-0.39, 0.29) is 29.6 Å². The van der Waals surface area contributed by atoms with E-state index in [0.717, 1.165) is 38.4 Å². The predicted molar refractivity (Wildman–Crippen MR) is 132 cm³/mol. The highest BCUT2D eigenvalue weighted by molar-refractivity contribution is 14.0. The van der Waals surface area contributed by atoms with Gasteiger partial charge in [0.1, 0.15) is 0 Å². The van der Waals surface area contributed by atoms with E-state index in [2.05, 4.69) is 52.6 Å². The van der Waals surface area contributed by atoms with Crippen molar-refractivity contribution >= 4 is 41.7 Å². The molecule has 1 saturated carbocycles. The number of nitrogens with one attached hydrogen (secondary N) is 1. The van der Waals surface area contributed by atoms with Crippen LogP contribution in [0.15, 0.2) is 4.99 Å². The first-order valence-corrected chi connectivity index (χ1v) is 12.0. The summed E-state index contributed by atoms with van der Waals surface area (Å²) >= 11 is 2.11. The fourth-order valence-corrected chi connectivity index (χ4v) is 5.84. The molecule has 3 fully saturated rings. The second kappa shape index (κ2) is 11.0. The van der Waals surface area contributed by atoms with Crippen molar-refractivity contribution in [3.05, 3.63) is 0 Å². The monoisotopic (exact) mass is 524 g/mol. The van der Waals surface area contributed by atoms with Crippen molar-refractivity contribution in [2.75, 3.05) is 51.3 Å². The third kappa shape index (κ3) is 6.64. The Balaban J connectivity index is 0.00000280. The molecule has 0 aromatic carbocycles. The molecule has 2 aliphatic heterocycles. The predicted octanol–water partition coefficient (Wildman–Crippen LogP) is 3.82. The van der Waals surface area contributed by atoms with Crippen molar-refractivity contribution in [1.29, 1.82) is 0 Å². The third-order valence-corrected chi connectivity index (χ3v) is 7.21. The van der Waals surface area contributed by atoms with Crippen LogP contribution in [0, 0.1) is 0 Å². The third-order valence-electron chi connectivity index (χ3n) is 6.27. The molecule has 0 aromatic rings. The van der Waals surface area contributed by atoms with E-state index in [0.29, 0.717) is 11.6 Å². The summed E-state index contributed by atoms with van der Waals surface area (Å²) in [5.41, 5.74) is 0.304. The fourth-order valence-electron chi connectivity index (χ4n) is 4.94. The SMILES string of the molecule is CN=C(NCC1(N2CCSCC2)CCCC1)N1CCC(OC(C)(C)C)CC1.I. The van der Waals surface area contributed by atoms with Crippen molar-refractivity contribution in [2.45, 2.75) is 76.5 Å². The number of thioether (sulfide) groups is 1. The molecular weight excluding hydrogens is 483 g/mol. The standard InChI is InChI=1S/C21H40N4OS.HI/c1-20(2,3)26-18-7-11-24(12-8-18)19(22-4)23-17-21(9-5-6-10-21)25-13-15-27-16-14-25;/h18H,5-17H2,1-4H3,(H,22,23);1H. The van der Waals surface area contributed by atoms with Gasteiger partial charge in [0.25, 0.3) is 0 Å². The van der Waals surface area contributed by atoms with Gasteiger partial charge in [-0.25, -0.2) is 0 Å². The molecule has 5 nitrogen and oxygen atoms in total. The molecule has 2 saturated heterocycles. The Hall–Kier alpha value is 0.270. The first kappa shape index (κ1) is 24.5. The number of hydrogen-bond acceptors (Lipinski definition) is 4. The van der Waals surface area contributed by atoms with Crippen LogP contribution in [-0.4, -0.2) is 84.3 Å². The van der Waals surface area contributed by atoms with E-state index in [9.17, 15) is 0 Å². The molecule has 0 radical (unpaired) electrons. The number of hydrogen-bond donors (Lipinski definition) is 1. The van der Waals surface area contributed by atoms with E-state index in [1.165, 1.54) is 50.3 Å². The largest absolute Gasteiger partial charge is 0.372 e. The molecule has 164 valence electrons. The first-order chi connectivity index (χ1) is 12.9. The number of likely N-dealkylation sites (tertiary alicyclic amines) is 1. The van der Waals surface area contributed by atoms with Crippen molar-refractivity contribution in [1.82, 2.24) is 15.1 Å². The van der Waals surface area contributed by atoms with Gasteiger partial charge in [0.05, 0.1) is 11.7 Å². The zero-order valence-corrected chi connectivity index (χ0v) is 21.5. The molecule has 0 spiro atoms. The van der Waals surface area contributed by atoms with Crippen molar-refractivity contribution in [3.63, 3.8) is 0 Å². The number of piperidine rings is 1. The Morgan fingerprint density at radius 3 is 2.25 bits per heavy atom. The van der Waals surface area contributed by atoms with Crippen LogP contribution in [0.4, 0.5) is 0 Å². The van der Waals surface area contributed by atoms with Gasteiger partial charge in [-0.3, -0.25) is 9.89 Å². The second-order valence-corrected chi connectivity index (χ2v) is 10.6. The van der Waals surface area contributed by atoms with Crippen LogP contribution in [0.5, 0.6) is 0 Å². The summed E-state index contributed by atoms with van der Waals surface area (Å²) in [5.74, 6) is 3.66. The molecular formula is C21H41IN4OS. The van der Waals surface area contributed by atoms with Gasteiger partial charge >= 0.3 is 0 Å². The molecule has 0 unspecified atom stereocenters. The number of rotatable bonds is 4. The van der Waals surface area contributed by atoms with Crippen LogP contribution in [0.2, 0.25) is 0 Å². The molecule has 0 aromatic heterocycles. The lowest BCUT2D eigenvalue weighted by molar-refractivity contribution is -0.0773. The van der Waals surface area contributed by atoms with E-state index in [1.54, 1.807) is 0 Å². The summed E-state index contributed by atoms with van der Waals surface area (Å²) in [7, 11) is 1.93. The smallest absolute Gasteiger partial charge is 0.193 e. The summed E-state index contributed by atoms with van der Waals surface area (Å²) in [6.07, 6.45) is 7.98. The minimum atomic E-state index is -0.0473. The van der Waals surface area contributed by atoms with E-state index in [4.69, 9.17) is 4.74 Å². The molecule has 28 heavy (non-hydrogen) atoms. The Morgan fingerprint density at radius 1 is 1.11 bits per heavy atom. The molecule has 0 atom stereocenters. The maximum absolute atomic E-state index is 6.18. The molecule has 3 aliphatic rings. The van der Waals surface area contributed by atoms with Gasteiger partial charge in [-0.15, -0.1) is 24.0 Å². The number of halogens is 1. The maximum Gasteiger partial charge on any atom is 0.193 e. The average molecular weight is 525 g/mol. The van der Waals surface area contributed by atoms with Crippen LogP contribution < -0.4 is 5.32 Å². The summed E-state index contributed by atoms with van der Waals surface area (Å²) in [6.45, 7) is 12.1. The summed E-state index contributed by atoms with van der Waals surface area (Å²) in [4.78, 5) is 9.82. The van der Waals surface area contributed by atoms with Crippen LogP contribution in [0.3, 0.4) is 0 Å². The van der Waals surface area contributed by atoms with Crippen LogP contribution in [0.1, 0.15) is 59.3 Å². The zero-order valence-electron chi connectivity index (χ0n) is 18.3. The van der Waals surface area contributed by atoms with Gasteiger partial charge in [0.15, 0.2) is 5.96 Å². The molecule has 1 aliphatic carbocycles. The van der Waals surface area contributed by atoms with Crippen molar-refractivity contribution < 1.29 is 4.74 Å². The van der Waals surface area contributed by atoms with Gasteiger partial charge in [-0.2, -0.15) is 11.8 Å². The zero-order chi connectivity index (χ0) is 19.3. The molecule has 1 N–H and O–H groups in total. The van der Waals surface area contributed by atoms with Crippen molar-refractivity contribution in [2.24, 2.45) is 4.99 Å². The number of aliphatic imine (C=N–C) groups is 1. The van der Waals surface area contributed by atoms with E-state index < -0.39 is 0 Å². The van der Waals surface area contributed by atoms with E-state index in [1.807, 2.05) is 7.05 Å². The maximum atomic E-state index is 6.18. The molecule has 7 heteroatoms. The Labute approximate surface area is 193 Å². The van der Waals surface area contributed by atoms with Crippen LogP contribution >= 0.6 is 35.7 Å². The lowest BCUT2D eigenvalue weighted by Crippen LogP contribution is -2.58. The quantitative estimate of drug-likeness (QED) is 0.344.